The number of nitrogens with one attached hydrogen (secondary N) is 1. The van der Waals surface area contributed by atoms with Crippen LogP contribution in [0.1, 0.15) is 24.0 Å². The van der Waals surface area contributed by atoms with Crippen molar-refractivity contribution in [2.75, 3.05) is 38.6 Å². The van der Waals surface area contributed by atoms with Crippen LogP contribution in [0.15, 0.2) is 53.7 Å². The van der Waals surface area contributed by atoms with Crippen LogP contribution in [0, 0.1) is 11.8 Å². The van der Waals surface area contributed by atoms with Crippen molar-refractivity contribution in [3.63, 3.8) is 0 Å². The van der Waals surface area contributed by atoms with Gasteiger partial charge in [-0.3, -0.25) is 4.90 Å². The quantitative estimate of drug-likeness (QED) is 0.481. The number of hydrogen-bond acceptors (Lipinski definition) is 6. The minimum atomic E-state index is 0.209. The molecule has 0 spiro atoms. The van der Waals surface area contributed by atoms with Crippen LogP contribution in [-0.2, 0) is 6.42 Å². The van der Waals surface area contributed by atoms with E-state index in [4.69, 9.17) is 4.74 Å². The van der Waals surface area contributed by atoms with E-state index in [1.165, 1.54) is 12.8 Å². The highest BCUT2D eigenvalue weighted by Crippen LogP contribution is 2.33. The highest BCUT2D eigenvalue weighted by molar-refractivity contribution is 5.80. The fraction of sp³-hybridized carbons (Fsp3) is 0.308. The van der Waals surface area contributed by atoms with E-state index in [1.807, 2.05) is 36.4 Å². The summed E-state index contributed by atoms with van der Waals surface area (Å²) in [5.41, 5.74) is 5.28. The number of ether oxygens (including phenoxy) is 1. The predicted octanol–water partition coefficient (Wildman–Crippen LogP) is 3.44. The lowest BCUT2D eigenvalue weighted by Crippen LogP contribution is -2.25. The van der Waals surface area contributed by atoms with Crippen LogP contribution < -0.4 is 15.7 Å². The first kappa shape index (κ1) is 21.1. The number of hydrogen-bond donors (Lipinski definition) is 2. The van der Waals surface area contributed by atoms with E-state index < -0.39 is 0 Å². The standard InChI is InChI=1S/C26H27N5O2/c1-33-22-8-4-7-21(17-22)29-26-28-18-20-11-12-27-24-10-9-19(16-23(24)25(20)31(26)32)6-5-15-30-13-2-3-14-30/h4,7-10,16-18,27,32H,2-3,11-15H2,1H3. The molecule has 3 aromatic rings. The molecule has 7 heteroatoms. The van der Waals surface area contributed by atoms with Gasteiger partial charge in [-0.1, -0.05) is 17.9 Å². The second-order valence-electron chi connectivity index (χ2n) is 8.28. The number of rotatable bonds is 3. The fourth-order valence-electron chi connectivity index (χ4n) is 4.33. The molecule has 0 amide bonds. The smallest absolute Gasteiger partial charge is 0.264 e. The summed E-state index contributed by atoms with van der Waals surface area (Å²) in [7, 11) is 1.61. The molecule has 2 aromatic carbocycles. The number of nitrogens with zero attached hydrogens (tertiary/aromatic N) is 4. The minimum absolute atomic E-state index is 0.209. The third kappa shape index (κ3) is 4.57. The summed E-state index contributed by atoms with van der Waals surface area (Å²) in [6.45, 7) is 3.81. The number of fused-ring (bicyclic) bond motifs is 3. The molecule has 1 fully saturated rings. The second-order valence-corrected chi connectivity index (χ2v) is 8.28. The molecule has 5 rings (SSSR count). The van der Waals surface area contributed by atoms with E-state index in [0.717, 1.165) is 59.7 Å². The van der Waals surface area contributed by atoms with Gasteiger partial charge in [0.15, 0.2) is 0 Å². The van der Waals surface area contributed by atoms with Crippen LogP contribution in [-0.4, -0.2) is 53.1 Å². The van der Waals surface area contributed by atoms with E-state index in [1.54, 1.807) is 19.4 Å². The molecule has 2 aliphatic rings. The Labute approximate surface area is 193 Å². The Bertz CT molecular complexity index is 1300. The average molecular weight is 442 g/mol. The number of likely N-dealkylation sites (tertiary alicyclic amines) is 1. The lowest BCUT2D eigenvalue weighted by atomic mass is 10.0. The topological polar surface area (TPSA) is 74.9 Å². The second kappa shape index (κ2) is 9.39. The molecule has 7 nitrogen and oxygen atoms in total. The van der Waals surface area contributed by atoms with Gasteiger partial charge in [-0.15, -0.1) is 4.73 Å². The van der Waals surface area contributed by atoms with Gasteiger partial charge >= 0.3 is 0 Å². The Kier molecular flexibility index (Phi) is 6.01. The first-order chi connectivity index (χ1) is 16.2. The zero-order chi connectivity index (χ0) is 22.6. The summed E-state index contributed by atoms with van der Waals surface area (Å²) in [4.78, 5) is 11.3. The summed E-state index contributed by atoms with van der Waals surface area (Å²) in [6, 6.07) is 13.4. The van der Waals surface area contributed by atoms with Crippen LogP contribution >= 0.6 is 0 Å². The Morgan fingerprint density at radius 1 is 1.18 bits per heavy atom. The maximum atomic E-state index is 11.2. The molecule has 33 heavy (non-hydrogen) atoms. The average Bonchev–Trinajstić information content (AvgIpc) is 3.28. The first-order valence-corrected chi connectivity index (χ1v) is 11.3. The van der Waals surface area contributed by atoms with E-state index >= 15 is 0 Å². The van der Waals surface area contributed by atoms with Gasteiger partial charge in [-0.2, -0.15) is 0 Å². The van der Waals surface area contributed by atoms with Gasteiger partial charge in [-0.25, -0.2) is 9.98 Å². The molecule has 0 bridgehead atoms. The molecule has 2 N–H and O–H groups in total. The summed E-state index contributed by atoms with van der Waals surface area (Å²) >= 11 is 0. The Hall–Kier alpha value is -3.76. The highest BCUT2D eigenvalue weighted by atomic mass is 16.5. The van der Waals surface area contributed by atoms with Gasteiger partial charge in [0.1, 0.15) is 5.75 Å². The SMILES string of the molecule is COc1cccc(N=c2ncc3c(n2O)-c2cc(C#CCN4CCCC4)ccc2NCC3)c1. The molecule has 1 aromatic heterocycles. The predicted molar refractivity (Wildman–Crippen MR) is 128 cm³/mol. The van der Waals surface area contributed by atoms with Crippen LogP contribution in [0.25, 0.3) is 11.3 Å². The summed E-state index contributed by atoms with van der Waals surface area (Å²) < 4.78 is 6.37. The molecule has 1 saturated heterocycles. The van der Waals surface area contributed by atoms with Gasteiger partial charge in [0.2, 0.25) is 0 Å². The summed E-state index contributed by atoms with van der Waals surface area (Å²) in [5, 5.41) is 14.6. The van der Waals surface area contributed by atoms with Gasteiger partial charge in [-0.05, 0) is 62.7 Å². The third-order valence-electron chi connectivity index (χ3n) is 6.04. The normalized spacial score (nSPS) is 15.6. The van der Waals surface area contributed by atoms with E-state index in [-0.39, 0.29) is 5.62 Å². The molecule has 0 radical (unpaired) electrons. The van der Waals surface area contributed by atoms with Crippen LogP contribution in [0.4, 0.5) is 11.4 Å². The Balaban J connectivity index is 1.55. The van der Waals surface area contributed by atoms with Crippen molar-refractivity contribution in [2.24, 2.45) is 4.99 Å². The zero-order valence-corrected chi connectivity index (χ0v) is 18.7. The molecule has 0 atom stereocenters. The monoisotopic (exact) mass is 441 g/mol. The zero-order valence-electron chi connectivity index (χ0n) is 18.7. The number of anilines is 1. The van der Waals surface area contributed by atoms with Crippen molar-refractivity contribution in [3.8, 4) is 28.8 Å². The van der Waals surface area contributed by atoms with E-state index in [2.05, 4.69) is 32.0 Å². The molecular weight excluding hydrogens is 414 g/mol. The van der Waals surface area contributed by atoms with Crippen molar-refractivity contribution >= 4 is 11.4 Å². The maximum absolute atomic E-state index is 11.2. The fourth-order valence-corrected chi connectivity index (χ4v) is 4.33. The molecule has 3 heterocycles. The molecule has 168 valence electrons. The molecular formula is C26H27N5O2. The third-order valence-corrected chi connectivity index (χ3v) is 6.04. The molecule has 0 saturated carbocycles. The molecule has 2 aliphatic heterocycles. The highest BCUT2D eigenvalue weighted by Gasteiger charge is 2.19. The minimum Gasteiger partial charge on any atom is -0.497 e. The van der Waals surface area contributed by atoms with Gasteiger partial charge < -0.3 is 15.3 Å². The van der Waals surface area contributed by atoms with Crippen molar-refractivity contribution in [1.29, 1.82) is 0 Å². The van der Waals surface area contributed by atoms with E-state index in [9.17, 15) is 5.21 Å². The number of benzene rings is 2. The maximum Gasteiger partial charge on any atom is 0.264 e. The summed E-state index contributed by atoms with van der Waals surface area (Å²) in [6.07, 6.45) is 5.06. The van der Waals surface area contributed by atoms with Crippen molar-refractivity contribution in [3.05, 3.63) is 65.4 Å². The van der Waals surface area contributed by atoms with Gasteiger partial charge in [0.25, 0.3) is 5.62 Å². The lowest BCUT2D eigenvalue weighted by molar-refractivity contribution is 0.171. The lowest BCUT2D eigenvalue weighted by Gasteiger charge is -2.13. The summed E-state index contributed by atoms with van der Waals surface area (Å²) in [5.74, 6) is 7.30. The molecule has 0 unspecified atom stereocenters. The van der Waals surface area contributed by atoms with Crippen LogP contribution in [0.5, 0.6) is 5.75 Å². The number of aromatic nitrogens is 2. The van der Waals surface area contributed by atoms with Gasteiger partial charge in [0, 0.05) is 41.2 Å². The van der Waals surface area contributed by atoms with Crippen LogP contribution in [0.3, 0.4) is 0 Å². The number of methoxy groups -OCH3 is 1. The molecule has 0 aliphatic carbocycles. The van der Waals surface area contributed by atoms with E-state index in [0.29, 0.717) is 17.1 Å². The van der Waals surface area contributed by atoms with Gasteiger partial charge in [0.05, 0.1) is 25.0 Å². The van der Waals surface area contributed by atoms with Crippen molar-refractivity contribution in [2.45, 2.75) is 19.3 Å². The largest absolute Gasteiger partial charge is 0.497 e. The Morgan fingerprint density at radius 3 is 2.91 bits per heavy atom. The Morgan fingerprint density at radius 2 is 2.06 bits per heavy atom. The first-order valence-electron chi connectivity index (χ1n) is 11.3. The van der Waals surface area contributed by atoms with Crippen molar-refractivity contribution in [1.82, 2.24) is 14.6 Å². The van der Waals surface area contributed by atoms with Crippen molar-refractivity contribution < 1.29 is 9.94 Å². The van der Waals surface area contributed by atoms with Crippen LogP contribution in [0.2, 0.25) is 0 Å².